The second kappa shape index (κ2) is 4.86. The number of carbonyl (C=O) groups excluding carboxylic acids is 2. The van der Waals surface area contributed by atoms with Crippen LogP contribution in [0.25, 0.3) is 10.8 Å². The average Bonchev–Trinajstić information content (AvgIpc) is 2.48. The highest BCUT2D eigenvalue weighted by molar-refractivity contribution is 7.87. The van der Waals surface area contributed by atoms with E-state index in [2.05, 4.69) is 0 Å². The molecule has 0 amide bonds. The zero-order valence-electron chi connectivity index (χ0n) is 11.4. The molecule has 3 rings (SSSR count). The van der Waals surface area contributed by atoms with E-state index in [0.29, 0.717) is 5.39 Å². The van der Waals surface area contributed by atoms with E-state index in [0.717, 1.165) is 17.5 Å². The van der Waals surface area contributed by atoms with Crippen molar-refractivity contribution < 1.29 is 22.6 Å². The van der Waals surface area contributed by atoms with Crippen molar-refractivity contribution in [1.29, 1.82) is 0 Å². The van der Waals surface area contributed by atoms with E-state index in [1.165, 1.54) is 6.07 Å². The predicted molar refractivity (Wildman–Crippen MR) is 80.9 cm³/mol. The third-order valence-electron chi connectivity index (χ3n) is 3.91. The van der Waals surface area contributed by atoms with Gasteiger partial charge in [0, 0.05) is 6.42 Å². The molecule has 0 heterocycles. The van der Waals surface area contributed by atoms with Gasteiger partial charge in [0.1, 0.15) is 0 Å². The zero-order chi connectivity index (χ0) is 16.0. The fourth-order valence-corrected chi connectivity index (χ4v) is 3.96. The van der Waals surface area contributed by atoms with Crippen LogP contribution in [0.15, 0.2) is 54.6 Å². The summed E-state index contributed by atoms with van der Waals surface area (Å²) in [5, 5.41) is 1.23. The molecule has 0 saturated heterocycles. The van der Waals surface area contributed by atoms with E-state index in [1.54, 1.807) is 36.4 Å². The molecule has 112 valence electrons. The van der Waals surface area contributed by atoms with Crippen LogP contribution in [0.2, 0.25) is 0 Å². The van der Waals surface area contributed by atoms with Gasteiger partial charge in [0.15, 0.2) is 16.3 Å². The lowest BCUT2D eigenvalue weighted by molar-refractivity contribution is -0.123. The molecule has 1 aliphatic rings. The van der Waals surface area contributed by atoms with Crippen LogP contribution in [0, 0.1) is 0 Å². The Balaban J connectivity index is 2.44. The molecule has 0 saturated carbocycles. The molecular weight excluding hydrogens is 304 g/mol. The second-order valence-electron chi connectivity index (χ2n) is 5.17. The Hall–Kier alpha value is -2.31. The molecule has 0 radical (unpaired) electrons. The van der Waals surface area contributed by atoms with Gasteiger partial charge in [-0.2, -0.15) is 8.42 Å². The number of ketones is 2. The lowest BCUT2D eigenvalue weighted by Crippen LogP contribution is -2.46. The number of rotatable bonds is 2. The minimum Gasteiger partial charge on any atom is -0.295 e. The van der Waals surface area contributed by atoms with Crippen LogP contribution >= 0.6 is 0 Å². The van der Waals surface area contributed by atoms with E-state index in [-0.39, 0.29) is 5.56 Å². The molecule has 1 atom stereocenters. The van der Waals surface area contributed by atoms with Crippen molar-refractivity contribution in [2.24, 2.45) is 0 Å². The fraction of sp³-hybridized carbons (Fsp3) is 0.125. The Bertz CT molecular complexity index is 921. The third-order valence-corrected chi connectivity index (χ3v) is 5.35. The molecular formula is C16H12O5S. The zero-order valence-corrected chi connectivity index (χ0v) is 12.2. The lowest BCUT2D eigenvalue weighted by Gasteiger charge is -2.30. The summed E-state index contributed by atoms with van der Waals surface area (Å²) in [5.41, 5.74) is 0.121. The number of benzene rings is 2. The van der Waals surface area contributed by atoms with Crippen LogP contribution in [-0.4, -0.2) is 24.5 Å². The molecule has 0 fully saturated rings. The molecule has 2 aromatic carbocycles. The first-order chi connectivity index (χ1) is 10.4. The van der Waals surface area contributed by atoms with Crippen LogP contribution in [-0.2, 0) is 24.5 Å². The standard InChI is InChI=1S/C16H12O5S/c17-12-8-9-15(18)16(10-12,22(19,20)21)14-7-3-5-11-4-1-2-6-13(11)14/h1-9H,10H2,(H,19,20,21). The first-order valence-electron chi connectivity index (χ1n) is 6.57. The summed E-state index contributed by atoms with van der Waals surface area (Å²) in [5.74, 6) is -1.34. The minimum atomic E-state index is -4.84. The van der Waals surface area contributed by atoms with Gasteiger partial charge in [0.25, 0.3) is 10.1 Å². The summed E-state index contributed by atoms with van der Waals surface area (Å²) in [6, 6.07) is 11.7. The summed E-state index contributed by atoms with van der Waals surface area (Å²) < 4.78 is 31.6. The van der Waals surface area contributed by atoms with Gasteiger partial charge < -0.3 is 0 Å². The molecule has 22 heavy (non-hydrogen) atoms. The highest BCUT2D eigenvalue weighted by Crippen LogP contribution is 2.41. The normalized spacial score (nSPS) is 22.2. The molecule has 0 bridgehead atoms. The molecule has 0 aliphatic heterocycles. The van der Waals surface area contributed by atoms with Crippen LogP contribution < -0.4 is 0 Å². The number of hydrogen-bond acceptors (Lipinski definition) is 4. The van der Waals surface area contributed by atoms with Crippen molar-refractivity contribution in [3.8, 4) is 0 Å². The van der Waals surface area contributed by atoms with Gasteiger partial charge in [-0.15, -0.1) is 0 Å². The molecule has 6 heteroatoms. The second-order valence-corrected chi connectivity index (χ2v) is 6.82. The van der Waals surface area contributed by atoms with E-state index in [9.17, 15) is 22.6 Å². The van der Waals surface area contributed by atoms with Gasteiger partial charge in [-0.05, 0) is 28.5 Å². The van der Waals surface area contributed by atoms with Crippen molar-refractivity contribution in [3.05, 3.63) is 60.2 Å². The van der Waals surface area contributed by atoms with Crippen molar-refractivity contribution in [1.82, 2.24) is 0 Å². The maximum Gasteiger partial charge on any atom is 0.283 e. The number of allylic oxidation sites excluding steroid dienone is 2. The van der Waals surface area contributed by atoms with E-state index in [4.69, 9.17) is 0 Å². The Morgan fingerprint density at radius 2 is 1.64 bits per heavy atom. The first kappa shape index (κ1) is 14.6. The van der Waals surface area contributed by atoms with Gasteiger partial charge >= 0.3 is 0 Å². The number of carbonyl (C=O) groups is 2. The van der Waals surface area contributed by atoms with Crippen molar-refractivity contribution in [3.63, 3.8) is 0 Å². The van der Waals surface area contributed by atoms with Crippen LogP contribution in [0.1, 0.15) is 12.0 Å². The molecule has 0 aromatic heterocycles. The Kier molecular flexibility index (Phi) is 3.23. The van der Waals surface area contributed by atoms with Gasteiger partial charge in [-0.1, -0.05) is 42.5 Å². The SMILES string of the molecule is O=C1C=CC(=O)C(c2cccc3ccccc23)(S(=O)(=O)O)C1. The van der Waals surface area contributed by atoms with Gasteiger partial charge in [-0.3, -0.25) is 14.1 Å². The fourth-order valence-electron chi connectivity index (χ4n) is 2.86. The molecule has 0 spiro atoms. The van der Waals surface area contributed by atoms with Crippen molar-refractivity contribution in [2.75, 3.05) is 0 Å². The monoisotopic (exact) mass is 316 g/mol. The molecule has 2 aromatic rings. The lowest BCUT2D eigenvalue weighted by atomic mass is 9.82. The number of fused-ring (bicyclic) bond motifs is 1. The Morgan fingerprint density at radius 1 is 0.955 bits per heavy atom. The van der Waals surface area contributed by atoms with E-state index in [1.807, 2.05) is 0 Å². The summed E-state index contributed by atoms with van der Waals surface area (Å²) in [7, 11) is -4.84. The molecule has 1 unspecified atom stereocenters. The summed E-state index contributed by atoms with van der Waals surface area (Å²) >= 11 is 0. The van der Waals surface area contributed by atoms with E-state index < -0.39 is 32.9 Å². The quantitative estimate of drug-likeness (QED) is 0.856. The smallest absolute Gasteiger partial charge is 0.283 e. The van der Waals surface area contributed by atoms with Crippen LogP contribution in [0.3, 0.4) is 0 Å². The highest BCUT2D eigenvalue weighted by atomic mass is 32.2. The Morgan fingerprint density at radius 3 is 2.36 bits per heavy atom. The summed E-state index contributed by atoms with van der Waals surface area (Å²) in [6.45, 7) is 0. The van der Waals surface area contributed by atoms with Crippen molar-refractivity contribution in [2.45, 2.75) is 11.2 Å². The van der Waals surface area contributed by atoms with Crippen molar-refractivity contribution >= 4 is 32.5 Å². The van der Waals surface area contributed by atoms with Crippen LogP contribution in [0.5, 0.6) is 0 Å². The Labute approximate surface area is 127 Å². The first-order valence-corrected chi connectivity index (χ1v) is 8.01. The van der Waals surface area contributed by atoms with Crippen LogP contribution in [0.4, 0.5) is 0 Å². The predicted octanol–water partition coefficient (Wildman–Crippen LogP) is 2.02. The summed E-state index contributed by atoms with van der Waals surface area (Å²) in [6.07, 6.45) is 1.35. The topological polar surface area (TPSA) is 88.5 Å². The van der Waals surface area contributed by atoms with Gasteiger partial charge in [0.2, 0.25) is 0 Å². The van der Waals surface area contributed by atoms with E-state index >= 15 is 0 Å². The molecule has 5 nitrogen and oxygen atoms in total. The average molecular weight is 316 g/mol. The minimum absolute atomic E-state index is 0.121. The third kappa shape index (κ3) is 2.00. The molecule has 1 N–H and O–H groups in total. The largest absolute Gasteiger partial charge is 0.295 e. The van der Waals surface area contributed by atoms with Gasteiger partial charge in [0.05, 0.1) is 0 Å². The molecule has 1 aliphatic carbocycles. The highest BCUT2D eigenvalue weighted by Gasteiger charge is 2.53. The maximum absolute atomic E-state index is 12.4. The maximum atomic E-state index is 12.4. The number of hydrogen-bond donors (Lipinski definition) is 1. The summed E-state index contributed by atoms with van der Waals surface area (Å²) in [4.78, 5) is 24.1. The van der Waals surface area contributed by atoms with Gasteiger partial charge in [-0.25, -0.2) is 0 Å².